The van der Waals surface area contributed by atoms with Crippen LogP contribution in [0.3, 0.4) is 0 Å². The Morgan fingerprint density at radius 2 is 2.04 bits per heavy atom. The van der Waals surface area contributed by atoms with Crippen molar-refractivity contribution in [1.29, 1.82) is 5.26 Å². The maximum atomic E-state index is 14.3. The van der Waals surface area contributed by atoms with Gasteiger partial charge in [0.05, 0.1) is 18.2 Å². The van der Waals surface area contributed by atoms with Gasteiger partial charge in [-0.25, -0.2) is 13.6 Å². The number of fused-ring (bicyclic) bond motifs is 1. The van der Waals surface area contributed by atoms with Gasteiger partial charge in [0, 0.05) is 15.6 Å². The molecule has 0 aliphatic carbocycles. The number of ether oxygens (including phenoxy) is 2. The summed E-state index contributed by atoms with van der Waals surface area (Å²) in [6, 6.07) is 10.1. The predicted octanol–water partition coefficient (Wildman–Crippen LogP) is 4.81. The molecule has 0 saturated heterocycles. The molecule has 0 aliphatic heterocycles. The van der Waals surface area contributed by atoms with Crippen molar-refractivity contribution < 1.29 is 23.0 Å². The van der Waals surface area contributed by atoms with Crippen LogP contribution in [0.5, 0.6) is 5.75 Å². The molecule has 132 valence electrons. The molecule has 1 aromatic heterocycles. The summed E-state index contributed by atoms with van der Waals surface area (Å²) in [6.45, 7) is 1.64. The Hall–Kier alpha value is -2.98. The normalized spacial score (nSPS) is 10.5. The molecule has 0 atom stereocenters. The third kappa shape index (κ3) is 3.37. The third-order valence-corrected chi connectivity index (χ3v) is 4.83. The Balaban J connectivity index is 1.99. The van der Waals surface area contributed by atoms with Crippen molar-refractivity contribution in [2.45, 2.75) is 13.5 Å². The van der Waals surface area contributed by atoms with Crippen LogP contribution in [0.1, 0.15) is 27.7 Å². The zero-order valence-corrected chi connectivity index (χ0v) is 14.5. The van der Waals surface area contributed by atoms with Crippen LogP contribution >= 0.6 is 11.3 Å². The largest absolute Gasteiger partial charge is 0.486 e. The van der Waals surface area contributed by atoms with Gasteiger partial charge >= 0.3 is 5.97 Å². The minimum atomic E-state index is -0.707. The first-order chi connectivity index (χ1) is 12.5. The molecule has 0 bridgehead atoms. The van der Waals surface area contributed by atoms with E-state index < -0.39 is 17.6 Å². The van der Waals surface area contributed by atoms with E-state index in [1.807, 2.05) is 6.07 Å². The Morgan fingerprint density at radius 3 is 2.73 bits per heavy atom. The number of nitriles is 1. The van der Waals surface area contributed by atoms with Crippen molar-refractivity contribution in [3.05, 3.63) is 64.0 Å². The van der Waals surface area contributed by atoms with Crippen molar-refractivity contribution in [1.82, 2.24) is 0 Å². The quantitative estimate of drug-likeness (QED) is 0.603. The molecule has 0 fully saturated rings. The lowest BCUT2D eigenvalue weighted by Gasteiger charge is -2.09. The Morgan fingerprint density at radius 1 is 1.23 bits per heavy atom. The third-order valence-electron chi connectivity index (χ3n) is 3.66. The average molecular weight is 373 g/mol. The fraction of sp³-hybridized carbons (Fsp3) is 0.158. The number of halogens is 2. The van der Waals surface area contributed by atoms with Crippen LogP contribution in [-0.4, -0.2) is 12.6 Å². The van der Waals surface area contributed by atoms with E-state index >= 15 is 0 Å². The van der Waals surface area contributed by atoms with E-state index in [0.29, 0.717) is 10.3 Å². The summed E-state index contributed by atoms with van der Waals surface area (Å²) in [5.41, 5.74) is 0.472. The molecule has 0 saturated carbocycles. The van der Waals surface area contributed by atoms with Crippen LogP contribution in [0.2, 0.25) is 0 Å². The Bertz CT molecular complexity index is 1020. The molecule has 2 aromatic carbocycles. The fourth-order valence-corrected chi connectivity index (χ4v) is 3.62. The molecule has 26 heavy (non-hydrogen) atoms. The number of benzene rings is 2. The maximum Gasteiger partial charge on any atom is 0.348 e. The van der Waals surface area contributed by atoms with Gasteiger partial charge in [-0.2, -0.15) is 5.26 Å². The summed E-state index contributed by atoms with van der Waals surface area (Å²) >= 11 is 1.10. The van der Waals surface area contributed by atoms with E-state index in [0.717, 1.165) is 17.4 Å². The number of esters is 1. The molecule has 0 radical (unpaired) electrons. The Kier molecular flexibility index (Phi) is 5.14. The highest BCUT2D eigenvalue weighted by molar-refractivity contribution is 7.21. The summed E-state index contributed by atoms with van der Waals surface area (Å²) in [6.07, 6.45) is 0. The van der Waals surface area contributed by atoms with Crippen LogP contribution in [0.25, 0.3) is 10.1 Å². The van der Waals surface area contributed by atoms with E-state index in [4.69, 9.17) is 14.7 Å². The van der Waals surface area contributed by atoms with E-state index in [2.05, 4.69) is 0 Å². The second-order valence-corrected chi connectivity index (χ2v) is 6.34. The standard InChI is InChI=1S/C19H13F2NO3S/c1-2-24-19(23)18-12(17-13(20)4-3-5-16(17)26-18)10-25-15-7-6-11(9-22)8-14(15)21/h3-8H,2,10H2,1H3. The summed E-state index contributed by atoms with van der Waals surface area (Å²) in [5, 5.41) is 9.04. The SMILES string of the molecule is CCOC(=O)c1sc2cccc(F)c2c1COc1ccc(C#N)cc1F. The summed E-state index contributed by atoms with van der Waals surface area (Å²) in [5.74, 6) is -1.86. The van der Waals surface area contributed by atoms with E-state index in [1.165, 1.54) is 18.2 Å². The lowest BCUT2D eigenvalue weighted by molar-refractivity contribution is 0.0529. The van der Waals surface area contributed by atoms with Gasteiger partial charge in [0.2, 0.25) is 0 Å². The van der Waals surface area contributed by atoms with E-state index in [1.54, 1.807) is 19.1 Å². The van der Waals surface area contributed by atoms with Gasteiger partial charge in [0.25, 0.3) is 0 Å². The van der Waals surface area contributed by atoms with Crippen molar-refractivity contribution in [2.75, 3.05) is 6.61 Å². The van der Waals surface area contributed by atoms with Gasteiger partial charge in [-0.1, -0.05) is 6.07 Å². The van der Waals surface area contributed by atoms with Crippen molar-refractivity contribution in [3.8, 4) is 11.8 Å². The van der Waals surface area contributed by atoms with Crippen LogP contribution in [-0.2, 0) is 11.3 Å². The number of hydrogen-bond acceptors (Lipinski definition) is 5. The number of carbonyl (C=O) groups excluding carboxylic acids is 1. The monoisotopic (exact) mass is 373 g/mol. The smallest absolute Gasteiger partial charge is 0.348 e. The molecule has 0 aliphatic rings. The zero-order chi connectivity index (χ0) is 18.7. The summed E-state index contributed by atoms with van der Waals surface area (Å²) in [7, 11) is 0. The van der Waals surface area contributed by atoms with Crippen LogP contribution in [0.15, 0.2) is 36.4 Å². The van der Waals surface area contributed by atoms with Crippen LogP contribution < -0.4 is 4.74 Å². The fourth-order valence-electron chi connectivity index (χ4n) is 2.50. The van der Waals surface area contributed by atoms with Crippen LogP contribution in [0.4, 0.5) is 8.78 Å². The molecule has 3 aromatic rings. The Labute approximate surface area is 152 Å². The molecule has 7 heteroatoms. The number of thiophene rings is 1. The lowest BCUT2D eigenvalue weighted by atomic mass is 10.1. The van der Waals surface area contributed by atoms with Gasteiger partial charge in [-0.15, -0.1) is 11.3 Å². The van der Waals surface area contributed by atoms with Gasteiger partial charge in [-0.3, -0.25) is 0 Å². The minimum absolute atomic E-state index is 0.0884. The highest BCUT2D eigenvalue weighted by atomic mass is 32.1. The molecule has 4 nitrogen and oxygen atoms in total. The molecule has 1 heterocycles. The molecule has 0 unspecified atom stereocenters. The number of nitrogens with zero attached hydrogens (tertiary/aromatic N) is 1. The lowest BCUT2D eigenvalue weighted by Crippen LogP contribution is -2.07. The van der Waals surface area contributed by atoms with Crippen molar-refractivity contribution >= 4 is 27.4 Å². The molecule has 0 amide bonds. The second kappa shape index (κ2) is 7.50. The molecule has 3 rings (SSSR count). The predicted molar refractivity (Wildman–Crippen MR) is 93.2 cm³/mol. The molecule has 0 spiro atoms. The van der Waals surface area contributed by atoms with E-state index in [9.17, 15) is 13.6 Å². The molecule has 0 N–H and O–H groups in total. The van der Waals surface area contributed by atoms with Crippen molar-refractivity contribution in [3.63, 3.8) is 0 Å². The van der Waals surface area contributed by atoms with Crippen LogP contribution in [0, 0.1) is 23.0 Å². The van der Waals surface area contributed by atoms with Gasteiger partial charge < -0.3 is 9.47 Å². The maximum absolute atomic E-state index is 14.3. The minimum Gasteiger partial charge on any atom is -0.486 e. The highest BCUT2D eigenvalue weighted by Crippen LogP contribution is 2.35. The second-order valence-electron chi connectivity index (χ2n) is 5.29. The zero-order valence-electron chi connectivity index (χ0n) is 13.7. The summed E-state index contributed by atoms with van der Waals surface area (Å²) < 4.78 is 39.4. The molecular weight excluding hydrogens is 360 g/mol. The first-order valence-corrected chi connectivity index (χ1v) is 8.56. The summed E-state index contributed by atoms with van der Waals surface area (Å²) in [4.78, 5) is 12.4. The van der Waals surface area contributed by atoms with Crippen molar-refractivity contribution in [2.24, 2.45) is 0 Å². The van der Waals surface area contributed by atoms with Gasteiger partial charge in [0.15, 0.2) is 11.6 Å². The average Bonchev–Trinajstić information content (AvgIpc) is 3.01. The highest BCUT2D eigenvalue weighted by Gasteiger charge is 2.22. The number of rotatable bonds is 5. The van der Waals surface area contributed by atoms with Gasteiger partial charge in [0.1, 0.15) is 17.3 Å². The first kappa shape index (κ1) is 17.8. The first-order valence-electron chi connectivity index (χ1n) is 7.74. The topological polar surface area (TPSA) is 59.3 Å². The molecular formula is C19H13F2NO3S. The van der Waals surface area contributed by atoms with Gasteiger partial charge in [-0.05, 0) is 37.3 Å². The van der Waals surface area contributed by atoms with E-state index in [-0.39, 0.29) is 34.8 Å². The number of hydrogen-bond donors (Lipinski definition) is 0. The number of carbonyl (C=O) groups is 1.